The molecule has 2 rings (SSSR count). The lowest BCUT2D eigenvalue weighted by molar-refractivity contribution is -0.121. The molecule has 126 valence electrons. The van der Waals surface area contributed by atoms with E-state index < -0.39 is 0 Å². The van der Waals surface area contributed by atoms with Crippen LogP contribution < -0.4 is 11.1 Å². The number of nitrogens with one attached hydrogen (secondary N) is 1. The standard InChI is InChI=1S/C17H25N3OS2/c1-17(2,3)9-5-10-19-14(21)8-7-13-15(20-16(18)23-13)12-6-4-11-22-12/h4,6,11H,5,7-10H2,1-3H3,(H2,18,20)(H,19,21). The first-order valence-corrected chi connectivity index (χ1v) is 9.60. The Morgan fingerprint density at radius 1 is 1.39 bits per heavy atom. The number of aryl methyl sites for hydroxylation is 1. The maximum Gasteiger partial charge on any atom is 0.220 e. The van der Waals surface area contributed by atoms with Crippen molar-refractivity contribution >= 4 is 33.7 Å². The van der Waals surface area contributed by atoms with E-state index in [2.05, 4.69) is 31.1 Å². The average molecular weight is 352 g/mol. The van der Waals surface area contributed by atoms with Crippen LogP contribution in [0.25, 0.3) is 10.6 Å². The second-order valence-corrected chi connectivity index (χ2v) is 8.88. The summed E-state index contributed by atoms with van der Waals surface area (Å²) in [7, 11) is 0. The highest BCUT2D eigenvalue weighted by molar-refractivity contribution is 7.17. The maximum atomic E-state index is 12.0. The number of nitrogens with zero attached hydrogens (tertiary/aromatic N) is 1. The van der Waals surface area contributed by atoms with E-state index >= 15 is 0 Å². The van der Waals surface area contributed by atoms with E-state index in [4.69, 9.17) is 5.73 Å². The Kier molecular flexibility index (Phi) is 6.18. The molecular weight excluding hydrogens is 326 g/mol. The van der Waals surface area contributed by atoms with Crippen molar-refractivity contribution in [2.75, 3.05) is 12.3 Å². The molecule has 0 atom stereocenters. The molecule has 23 heavy (non-hydrogen) atoms. The lowest BCUT2D eigenvalue weighted by Gasteiger charge is -2.17. The molecule has 0 saturated carbocycles. The Bertz CT molecular complexity index is 627. The van der Waals surface area contributed by atoms with E-state index in [9.17, 15) is 4.79 Å². The van der Waals surface area contributed by atoms with Gasteiger partial charge >= 0.3 is 0 Å². The van der Waals surface area contributed by atoms with E-state index in [1.165, 1.54) is 11.3 Å². The van der Waals surface area contributed by atoms with Gasteiger partial charge in [0, 0.05) is 17.8 Å². The largest absolute Gasteiger partial charge is 0.375 e. The molecule has 2 aromatic rings. The molecule has 2 aromatic heterocycles. The zero-order valence-electron chi connectivity index (χ0n) is 14.0. The molecule has 3 N–H and O–H groups in total. The van der Waals surface area contributed by atoms with Crippen LogP contribution in [0.2, 0.25) is 0 Å². The number of hydrogen-bond donors (Lipinski definition) is 2. The summed E-state index contributed by atoms with van der Waals surface area (Å²) in [6, 6.07) is 4.04. The third-order valence-electron chi connectivity index (χ3n) is 3.47. The second kappa shape index (κ2) is 7.93. The maximum absolute atomic E-state index is 12.0. The number of anilines is 1. The summed E-state index contributed by atoms with van der Waals surface area (Å²) in [6.07, 6.45) is 3.30. The lowest BCUT2D eigenvalue weighted by atomic mass is 9.91. The summed E-state index contributed by atoms with van der Waals surface area (Å²) in [4.78, 5) is 18.6. The van der Waals surface area contributed by atoms with Gasteiger partial charge < -0.3 is 11.1 Å². The monoisotopic (exact) mass is 351 g/mol. The Balaban J connectivity index is 1.81. The van der Waals surface area contributed by atoms with E-state index in [1.807, 2.05) is 17.5 Å². The molecule has 1 amide bonds. The van der Waals surface area contributed by atoms with Crippen LogP contribution in [0.4, 0.5) is 5.13 Å². The van der Waals surface area contributed by atoms with Crippen molar-refractivity contribution < 1.29 is 4.79 Å². The normalized spacial score (nSPS) is 11.6. The van der Waals surface area contributed by atoms with Crippen molar-refractivity contribution in [2.24, 2.45) is 5.41 Å². The Morgan fingerprint density at radius 2 is 2.17 bits per heavy atom. The van der Waals surface area contributed by atoms with Gasteiger partial charge in [-0.05, 0) is 36.1 Å². The molecule has 0 radical (unpaired) electrons. The summed E-state index contributed by atoms with van der Waals surface area (Å²) in [6.45, 7) is 7.40. The Labute approximate surface area is 146 Å². The second-order valence-electron chi connectivity index (χ2n) is 6.82. The van der Waals surface area contributed by atoms with Gasteiger partial charge in [-0.25, -0.2) is 4.98 Å². The van der Waals surface area contributed by atoms with Crippen LogP contribution >= 0.6 is 22.7 Å². The fraction of sp³-hybridized carbons (Fsp3) is 0.529. The number of thiazole rings is 1. The number of carbonyl (C=O) groups excluding carboxylic acids is 1. The minimum absolute atomic E-state index is 0.100. The molecule has 0 spiro atoms. The van der Waals surface area contributed by atoms with Crippen molar-refractivity contribution in [1.82, 2.24) is 10.3 Å². The smallest absolute Gasteiger partial charge is 0.220 e. The highest BCUT2D eigenvalue weighted by Crippen LogP contribution is 2.33. The number of thiophene rings is 1. The number of nitrogens with two attached hydrogens (primary N) is 1. The number of carbonyl (C=O) groups is 1. The summed E-state index contributed by atoms with van der Waals surface area (Å²) in [5.74, 6) is 0.100. The predicted octanol–water partition coefficient (Wildman–Crippen LogP) is 4.33. The van der Waals surface area contributed by atoms with Crippen LogP contribution in [-0.4, -0.2) is 17.4 Å². The number of amides is 1. The molecule has 0 aliphatic heterocycles. The minimum atomic E-state index is 0.100. The van der Waals surface area contributed by atoms with Gasteiger partial charge in [0.25, 0.3) is 0 Å². The minimum Gasteiger partial charge on any atom is -0.375 e. The number of rotatable bonds is 7. The van der Waals surface area contributed by atoms with Crippen LogP contribution in [0.15, 0.2) is 17.5 Å². The Hall–Kier alpha value is -1.40. The molecule has 2 heterocycles. The fourth-order valence-corrected chi connectivity index (χ4v) is 3.96. The Morgan fingerprint density at radius 3 is 2.83 bits per heavy atom. The molecular formula is C17H25N3OS2. The van der Waals surface area contributed by atoms with Gasteiger partial charge in [0.05, 0.1) is 10.6 Å². The van der Waals surface area contributed by atoms with E-state index in [0.717, 1.165) is 34.8 Å². The number of hydrogen-bond acceptors (Lipinski definition) is 5. The molecule has 0 aromatic carbocycles. The molecule has 0 bridgehead atoms. The molecule has 6 heteroatoms. The van der Waals surface area contributed by atoms with E-state index in [0.29, 0.717) is 23.4 Å². The topological polar surface area (TPSA) is 68.0 Å². The van der Waals surface area contributed by atoms with Gasteiger partial charge in [-0.15, -0.1) is 22.7 Å². The quantitative estimate of drug-likeness (QED) is 0.730. The molecule has 0 fully saturated rings. The van der Waals surface area contributed by atoms with E-state index in [1.54, 1.807) is 11.3 Å². The third-order valence-corrected chi connectivity index (χ3v) is 5.29. The van der Waals surface area contributed by atoms with Crippen molar-refractivity contribution in [2.45, 2.75) is 46.5 Å². The van der Waals surface area contributed by atoms with Crippen molar-refractivity contribution in [3.63, 3.8) is 0 Å². The molecule has 0 saturated heterocycles. The van der Waals surface area contributed by atoms with Gasteiger partial charge in [0.15, 0.2) is 5.13 Å². The summed E-state index contributed by atoms with van der Waals surface area (Å²) in [5, 5.41) is 5.59. The average Bonchev–Trinajstić information content (AvgIpc) is 3.09. The highest BCUT2D eigenvalue weighted by Gasteiger charge is 2.14. The third kappa shape index (κ3) is 5.95. The van der Waals surface area contributed by atoms with Gasteiger partial charge in [0.2, 0.25) is 5.91 Å². The van der Waals surface area contributed by atoms with Gasteiger partial charge in [0.1, 0.15) is 0 Å². The van der Waals surface area contributed by atoms with Crippen LogP contribution in [0.3, 0.4) is 0 Å². The summed E-state index contributed by atoms with van der Waals surface area (Å²) < 4.78 is 0. The first kappa shape index (κ1) is 17.9. The number of aromatic nitrogens is 1. The molecule has 0 aliphatic rings. The van der Waals surface area contributed by atoms with Crippen molar-refractivity contribution in [1.29, 1.82) is 0 Å². The predicted molar refractivity (Wildman–Crippen MR) is 99.9 cm³/mol. The zero-order chi connectivity index (χ0) is 16.9. The zero-order valence-corrected chi connectivity index (χ0v) is 15.6. The summed E-state index contributed by atoms with van der Waals surface area (Å²) >= 11 is 3.12. The summed E-state index contributed by atoms with van der Waals surface area (Å²) in [5.41, 5.74) is 7.10. The number of nitrogen functional groups attached to an aromatic ring is 1. The molecule has 0 unspecified atom stereocenters. The van der Waals surface area contributed by atoms with E-state index in [-0.39, 0.29) is 5.91 Å². The van der Waals surface area contributed by atoms with Crippen LogP contribution in [0, 0.1) is 5.41 Å². The van der Waals surface area contributed by atoms with Crippen LogP contribution in [0.5, 0.6) is 0 Å². The first-order chi connectivity index (χ1) is 10.8. The van der Waals surface area contributed by atoms with Crippen LogP contribution in [0.1, 0.15) is 44.9 Å². The lowest BCUT2D eigenvalue weighted by Crippen LogP contribution is -2.25. The van der Waals surface area contributed by atoms with Gasteiger partial charge in [-0.3, -0.25) is 4.79 Å². The van der Waals surface area contributed by atoms with Crippen molar-refractivity contribution in [3.05, 3.63) is 22.4 Å². The fourth-order valence-electron chi connectivity index (χ4n) is 2.31. The first-order valence-electron chi connectivity index (χ1n) is 7.91. The molecule has 0 aliphatic carbocycles. The van der Waals surface area contributed by atoms with Gasteiger partial charge in [-0.1, -0.05) is 26.8 Å². The highest BCUT2D eigenvalue weighted by atomic mass is 32.1. The van der Waals surface area contributed by atoms with Crippen LogP contribution in [-0.2, 0) is 11.2 Å². The van der Waals surface area contributed by atoms with Crippen molar-refractivity contribution in [3.8, 4) is 10.6 Å². The SMILES string of the molecule is CC(C)(C)CCCNC(=O)CCc1sc(N)nc1-c1cccs1. The molecule has 4 nitrogen and oxygen atoms in total. The van der Waals surface area contributed by atoms with Gasteiger partial charge in [-0.2, -0.15) is 0 Å².